The van der Waals surface area contributed by atoms with Gasteiger partial charge in [0.25, 0.3) is 0 Å². The van der Waals surface area contributed by atoms with Crippen molar-refractivity contribution < 1.29 is 14.3 Å². The number of amides is 2. The summed E-state index contributed by atoms with van der Waals surface area (Å²) in [5.74, 6) is -0.261. The third-order valence-electron chi connectivity index (χ3n) is 2.89. The molecule has 17 heavy (non-hydrogen) atoms. The van der Waals surface area contributed by atoms with Crippen LogP contribution in [-0.2, 0) is 14.3 Å². The number of nitrogens with zero attached hydrogens (tertiary/aromatic N) is 2. The number of ether oxygens (including phenoxy) is 1. The molecule has 0 aromatic rings. The van der Waals surface area contributed by atoms with Gasteiger partial charge in [-0.15, -0.1) is 0 Å². The molecule has 6 heteroatoms. The molecule has 0 radical (unpaired) electrons. The molecule has 0 heterocycles. The van der Waals surface area contributed by atoms with E-state index in [2.05, 4.69) is 0 Å². The number of carbonyl (C=O) groups excluding carboxylic acids is 2. The van der Waals surface area contributed by atoms with Crippen LogP contribution in [0.25, 0.3) is 0 Å². The van der Waals surface area contributed by atoms with Crippen LogP contribution in [0.2, 0.25) is 0 Å². The average Bonchev–Trinajstić information content (AvgIpc) is 3.02. The van der Waals surface area contributed by atoms with Gasteiger partial charge in [0.15, 0.2) is 0 Å². The lowest BCUT2D eigenvalue weighted by Crippen LogP contribution is -2.50. The van der Waals surface area contributed by atoms with Crippen molar-refractivity contribution in [2.75, 3.05) is 40.9 Å². The molecule has 0 unspecified atom stereocenters. The van der Waals surface area contributed by atoms with Gasteiger partial charge in [0.2, 0.25) is 11.8 Å². The van der Waals surface area contributed by atoms with Crippen molar-refractivity contribution in [3.63, 3.8) is 0 Å². The summed E-state index contributed by atoms with van der Waals surface area (Å²) in [5, 5.41) is 0. The van der Waals surface area contributed by atoms with E-state index in [1.54, 1.807) is 21.2 Å². The molecule has 0 aromatic carbocycles. The zero-order valence-electron chi connectivity index (χ0n) is 10.7. The normalized spacial score (nSPS) is 16.5. The summed E-state index contributed by atoms with van der Waals surface area (Å²) >= 11 is 0. The Morgan fingerprint density at radius 2 is 1.94 bits per heavy atom. The van der Waals surface area contributed by atoms with Crippen molar-refractivity contribution in [1.29, 1.82) is 0 Å². The molecule has 0 bridgehead atoms. The summed E-state index contributed by atoms with van der Waals surface area (Å²) in [6.07, 6.45) is 1.40. The van der Waals surface area contributed by atoms with E-state index in [1.165, 1.54) is 9.80 Å². The van der Waals surface area contributed by atoms with Gasteiger partial charge in [-0.1, -0.05) is 0 Å². The second-order valence-electron chi connectivity index (χ2n) is 4.66. The summed E-state index contributed by atoms with van der Waals surface area (Å²) in [6, 6.07) is 0. The Bertz CT molecular complexity index is 300. The first-order valence-electron chi connectivity index (χ1n) is 5.68. The van der Waals surface area contributed by atoms with Crippen LogP contribution in [-0.4, -0.2) is 68.1 Å². The van der Waals surface area contributed by atoms with Crippen LogP contribution in [0, 0.1) is 0 Å². The zero-order chi connectivity index (χ0) is 13.1. The van der Waals surface area contributed by atoms with E-state index in [0.717, 1.165) is 0 Å². The summed E-state index contributed by atoms with van der Waals surface area (Å²) in [5.41, 5.74) is 5.12. The Labute approximate surface area is 102 Å². The van der Waals surface area contributed by atoms with E-state index >= 15 is 0 Å². The van der Waals surface area contributed by atoms with Gasteiger partial charge in [-0.3, -0.25) is 9.59 Å². The highest BCUT2D eigenvalue weighted by Crippen LogP contribution is 2.34. The van der Waals surface area contributed by atoms with Gasteiger partial charge >= 0.3 is 0 Å². The monoisotopic (exact) mass is 243 g/mol. The molecule has 2 N–H and O–H groups in total. The van der Waals surface area contributed by atoms with Crippen LogP contribution in [0.1, 0.15) is 12.8 Å². The number of methoxy groups -OCH3 is 1. The Balaban J connectivity index is 2.60. The van der Waals surface area contributed by atoms with Gasteiger partial charge in [-0.25, -0.2) is 0 Å². The molecule has 1 aliphatic carbocycles. The van der Waals surface area contributed by atoms with Crippen LogP contribution in [0.4, 0.5) is 0 Å². The molecule has 1 fully saturated rings. The molecule has 1 rings (SSSR count). The molecule has 0 aliphatic heterocycles. The van der Waals surface area contributed by atoms with E-state index in [0.29, 0.717) is 26.0 Å². The minimum atomic E-state index is -0.736. The van der Waals surface area contributed by atoms with Crippen LogP contribution < -0.4 is 5.73 Å². The third kappa shape index (κ3) is 3.67. The molecule has 98 valence electrons. The molecular weight excluding hydrogens is 222 g/mol. The second-order valence-corrected chi connectivity index (χ2v) is 4.66. The van der Waals surface area contributed by atoms with E-state index in [1.807, 2.05) is 0 Å². The summed E-state index contributed by atoms with van der Waals surface area (Å²) < 4.78 is 4.94. The smallest absolute Gasteiger partial charge is 0.243 e. The fourth-order valence-electron chi connectivity index (χ4n) is 1.42. The van der Waals surface area contributed by atoms with Crippen molar-refractivity contribution in [2.24, 2.45) is 5.73 Å². The largest absolute Gasteiger partial charge is 0.383 e. The first-order chi connectivity index (χ1) is 7.90. The van der Waals surface area contributed by atoms with Gasteiger partial charge < -0.3 is 20.3 Å². The Morgan fingerprint density at radius 3 is 2.35 bits per heavy atom. The number of likely N-dealkylation sites (N-methyl/N-ethyl adjacent to an activating group) is 1. The lowest BCUT2D eigenvalue weighted by Gasteiger charge is -2.26. The first kappa shape index (κ1) is 13.9. The SMILES string of the molecule is COCCN(CC(=O)N(C)C)C(=O)C1(N)CC1. The molecular formula is C11H21N3O3. The van der Waals surface area contributed by atoms with Crippen molar-refractivity contribution in [3.05, 3.63) is 0 Å². The van der Waals surface area contributed by atoms with E-state index in [9.17, 15) is 9.59 Å². The van der Waals surface area contributed by atoms with Crippen molar-refractivity contribution in [1.82, 2.24) is 9.80 Å². The number of carbonyl (C=O) groups is 2. The van der Waals surface area contributed by atoms with Gasteiger partial charge in [0.1, 0.15) is 0 Å². The number of hydrogen-bond acceptors (Lipinski definition) is 4. The Hall–Kier alpha value is -1.14. The predicted octanol–water partition coefficient (Wildman–Crippen LogP) is -0.959. The molecule has 0 spiro atoms. The standard InChI is InChI=1S/C11H21N3O3/c1-13(2)9(15)8-14(6-7-17-3)10(16)11(12)4-5-11/h4-8,12H2,1-3H3. The maximum absolute atomic E-state index is 12.1. The van der Waals surface area contributed by atoms with E-state index < -0.39 is 5.54 Å². The highest BCUT2D eigenvalue weighted by Gasteiger charge is 2.48. The van der Waals surface area contributed by atoms with Crippen LogP contribution in [0.15, 0.2) is 0 Å². The number of rotatable bonds is 6. The lowest BCUT2D eigenvalue weighted by molar-refractivity contribution is -0.141. The highest BCUT2D eigenvalue weighted by atomic mass is 16.5. The van der Waals surface area contributed by atoms with Crippen LogP contribution >= 0.6 is 0 Å². The molecule has 6 nitrogen and oxygen atoms in total. The molecule has 0 saturated heterocycles. The van der Waals surface area contributed by atoms with Gasteiger partial charge in [0.05, 0.1) is 18.7 Å². The highest BCUT2D eigenvalue weighted by molar-refractivity contribution is 5.92. The summed E-state index contributed by atoms with van der Waals surface area (Å²) in [4.78, 5) is 26.6. The topological polar surface area (TPSA) is 75.9 Å². The minimum Gasteiger partial charge on any atom is -0.383 e. The summed E-state index contributed by atoms with van der Waals surface area (Å²) in [7, 11) is 4.89. The Kier molecular flexibility index (Phi) is 4.47. The quantitative estimate of drug-likeness (QED) is 0.652. The Morgan fingerprint density at radius 1 is 1.35 bits per heavy atom. The second kappa shape index (κ2) is 5.46. The molecule has 0 aromatic heterocycles. The fraction of sp³-hybridized carbons (Fsp3) is 0.818. The molecule has 1 saturated carbocycles. The van der Waals surface area contributed by atoms with Crippen LogP contribution in [0.5, 0.6) is 0 Å². The zero-order valence-corrected chi connectivity index (χ0v) is 10.7. The number of hydrogen-bond donors (Lipinski definition) is 1. The van der Waals surface area contributed by atoms with Gasteiger partial charge in [-0.2, -0.15) is 0 Å². The molecule has 2 amide bonds. The maximum Gasteiger partial charge on any atom is 0.243 e. The van der Waals surface area contributed by atoms with Crippen molar-refractivity contribution in [3.8, 4) is 0 Å². The predicted molar refractivity (Wildman–Crippen MR) is 63.3 cm³/mol. The van der Waals surface area contributed by atoms with Gasteiger partial charge in [-0.05, 0) is 12.8 Å². The molecule has 1 aliphatic rings. The fourth-order valence-corrected chi connectivity index (χ4v) is 1.42. The van der Waals surface area contributed by atoms with E-state index in [4.69, 9.17) is 10.5 Å². The average molecular weight is 243 g/mol. The van der Waals surface area contributed by atoms with Crippen LogP contribution in [0.3, 0.4) is 0 Å². The first-order valence-corrected chi connectivity index (χ1v) is 5.68. The van der Waals surface area contributed by atoms with Crippen molar-refractivity contribution in [2.45, 2.75) is 18.4 Å². The third-order valence-corrected chi connectivity index (χ3v) is 2.89. The minimum absolute atomic E-state index is 0.0636. The van der Waals surface area contributed by atoms with Gasteiger partial charge in [0, 0.05) is 27.7 Å². The molecule has 0 atom stereocenters. The maximum atomic E-state index is 12.1. The summed E-state index contributed by atoms with van der Waals surface area (Å²) in [6.45, 7) is 0.866. The van der Waals surface area contributed by atoms with E-state index in [-0.39, 0.29) is 18.4 Å². The lowest BCUT2D eigenvalue weighted by atomic mass is 10.2. The number of nitrogens with two attached hydrogens (primary N) is 1. The van der Waals surface area contributed by atoms with Crippen molar-refractivity contribution >= 4 is 11.8 Å².